The van der Waals surface area contributed by atoms with Crippen LogP contribution in [0.25, 0.3) is 12.2 Å². The van der Waals surface area contributed by atoms with Gasteiger partial charge in [-0.05, 0) is 66.8 Å². The Balaban J connectivity index is 1.86. The Morgan fingerprint density at radius 2 is 1.09 bits per heavy atom. The summed E-state index contributed by atoms with van der Waals surface area (Å²) >= 11 is 11.8. The Morgan fingerprint density at radius 1 is 0.696 bits per heavy atom. The second-order valence-corrected chi connectivity index (χ2v) is 6.50. The lowest BCUT2D eigenvalue weighted by Gasteiger charge is -2.16. The van der Waals surface area contributed by atoms with Crippen molar-refractivity contribution < 1.29 is 4.79 Å². The van der Waals surface area contributed by atoms with Crippen LogP contribution in [-0.4, -0.2) is 5.78 Å². The van der Waals surface area contributed by atoms with Gasteiger partial charge in [0.2, 0.25) is 0 Å². The molecule has 116 valence electrons. The Hall–Kier alpha value is -1.83. The quantitative estimate of drug-likeness (QED) is 0.592. The van der Waals surface area contributed by atoms with E-state index in [1.165, 1.54) is 0 Å². The van der Waals surface area contributed by atoms with Gasteiger partial charge in [0.25, 0.3) is 0 Å². The van der Waals surface area contributed by atoms with Crippen LogP contribution in [0, 0.1) is 0 Å². The van der Waals surface area contributed by atoms with E-state index in [-0.39, 0.29) is 5.78 Å². The molecule has 0 radical (unpaired) electrons. The number of rotatable bonds is 2. The van der Waals surface area contributed by atoms with Crippen LogP contribution in [0.4, 0.5) is 0 Å². The highest BCUT2D eigenvalue weighted by Gasteiger charge is 2.20. The van der Waals surface area contributed by atoms with Crippen molar-refractivity contribution in [2.75, 3.05) is 0 Å². The van der Waals surface area contributed by atoms with Crippen LogP contribution < -0.4 is 0 Å². The van der Waals surface area contributed by atoms with Crippen molar-refractivity contribution in [1.29, 1.82) is 0 Å². The van der Waals surface area contributed by atoms with Gasteiger partial charge in [0.15, 0.2) is 5.78 Å². The highest BCUT2D eigenvalue weighted by atomic mass is 35.5. The van der Waals surface area contributed by atoms with E-state index in [0.717, 1.165) is 41.5 Å². The minimum absolute atomic E-state index is 0.140. The lowest BCUT2D eigenvalue weighted by Crippen LogP contribution is -2.12. The van der Waals surface area contributed by atoms with Crippen LogP contribution in [0.5, 0.6) is 0 Å². The maximum atomic E-state index is 12.7. The third-order valence-corrected chi connectivity index (χ3v) is 4.40. The summed E-state index contributed by atoms with van der Waals surface area (Å²) in [6.45, 7) is 0. The maximum absolute atomic E-state index is 12.7. The summed E-state index contributed by atoms with van der Waals surface area (Å²) in [5.74, 6) is 0.140. The lowest BCUT2D eigenvalue weighted by atomic mass is 9.87. The molecule has 0 spiro atoms. The zero-order valence-corrected chi connectivity index (χ0v) is 14.1. The summed E-state index contributed by atoms with van der Waals surface area (Å²) in [5.41, 5.74) is 3.73. The molecule has 1 nitrogen and oxygen atoms in total. The molecule has 0 N–H and O–H groups in total. The van der Waals surface area contributed by atoms with E-state index in [1.54, 1.807) is 0 Å². The fourth-order valence-electron chi connectivity index (χ4n) is 2.70. The maximum Gasteiger partial charge on any atom is 0.185 e. The first-order valence-corrected chi connectivity index (χ1v) is 8.34. The third-order valence-electron chi connectivity index (χ3n) is 3.90. The molecule has 3 rings (SSSR count). The van der Waals surface area contributed by atoms with Crippen LogP contribution >= 0.6 is 23.2 Å². The smallest absolute Gasteiger partial charge is 0.185 e. The largest absolute Gasteiger partial charge is 0.289 e. The third kappa shape index (κ3) is 4.13. The van der Waals surface area contributed by atoms with Crippen LogP contribution in [0.1, 0.15) is 30.4 Å². The van der Waals surface area contributed by atoms with E-state index in [2.05, 4.69) is 0 Å². The standard InChI is InChI=1S/C20H16Cl2O/c21-18-8-4-14(5-9-18)12-16-2-1-3-17(20(16)23)13-15-6-10-19(22)11-7-15/h4-13H,1-3H2/b16-12+,17-13+. The van der Waals surface area contributed by atoms with Crippen LogP contribution in [0.15, 0.2) is 59.7 Å². The molecule has 0 bridgehead atoms. The first-order chi connectivity index (χ1) is 11.1. The zero-order valence-electron chi connectivity index (χ0n) is 12.6. The van der Waals surface area contributed by atoms with Gasteiger partial charge in [-0.15, -0.1) is 0 Å². The topological polar surface area (TPSA) is 17.1 Å². The number of hydrogen-bond acceptors (Lipinski definition) is 1. The molecule has 0 heterocycles. The Bertz CT molecular complexity index is 703. The van der Waals surface area contributed by atoms with E-state index in [0.29, 0.717) is 10.0 Å². The first kappa shape index (κ1) is 16.0. The number of carbonyl (C=O) groups is 1. The molecule has 2 aromatic rings. The number of halogens is 2. The molecule has 0 saturated heterocycles. The predicted octanol–water partition coefficient (Wildman–Crippen LogP) is 6.21. The normalized spacial score (nSPS) is 18.6. The second-order valence-electron chi connectivity index (χ2n) is 5.62. The number of Topliss-reactive ketones (excluding diaryl/α,β-unsaturated/α-hetero) is 1. The summed E-state index contributed by atoms with van der Waals surface area (Å²) in [5, 5.41) is 1.40. The molecule has 0 atom stereocenters. The minimum Gasteiger partial charge on any atom is -0.289 e. The Kier molecular flexibility index (Phi) is 5.00. The van der Waals surface area contributed by atoms with Gasteiger partial charge in [0.1, 0.15) is 0 Å². The average Bonchev–Trinajstić information content (AvgIpc) is 2.55. The molecule has 0 amide bonds. The molecule has 0 aromatic heterocycles. The van der Waals surface area contributed by atoms with Crippen LogP contribution in [0.2, 0.25) is 10.0 Å². The number of hydrogen-bond donors (Lipinski definition) is 0. The minimum atomic E-state index is 0.140. The highest BCUT2D eigenvalue weighted by molar-refractivity contribution is 6.30. The van der Waals surface area contributed by atoms with Crippen LogP contribution in [0.3, 0.4) is 0 Å². The van der Waals surface area contributed by atoms with Crippen molar-refractivity contribution in [3.63, 3.8) is 0 Å². The molecular weight excluding hydrogens is 327 g/mol. The van der Waals surface area contributed by atoms with Crippen molar-refractivity contribution in [2.24, 2.45) is 0 Å². The monoisotopic (exact) mass is 342 g/mol. The number of allylic oxidation sites excluding steroid dienone is 2. The van der Waals surface area contributed by atoms with E-state index in [9.17, 15) is 4.79 Å². The van der Waals surface area contributed by atoms with E-state index in [4.69, 9.17) is 23.2 Å². The Labute approximate surface area is 146 Å². The van der Waals surface area contributed by atoms with Gasteiger partial charge >= 0.3 is 0 Å². The molecule has 23 heavy (non-hydrogen) atoms. The summed E-state index contributed by atoms with van der Waals surface area (Å²) in [6, 6.07) is 15.1. The lowest BCUT2D eigenvalue weighted by molar-refractivity contribution is -0.112. The molecule has 2 aromatic carbocycles. The zero-order chi connectivity index (χ0) is 16.2. The molecule has 3 heteroatoms. The molecule has 1 aliphatic rings. The van der Waals surface area contributed by atoms with Crippen molar-refractivity contribution in [1.82, 2.24) is 0 Å². The van der Waals surface area contributed by atoms with Gasteiger partial charge in [-0.1, -0.05) is 47.5 Å². The predicted molar refractivity (Wildman–Crippen MR) is 97.7 cm³/mol. The summed E-state index contributed by atoms with van der Waals surface area (Å²) in [6.07, 6.45) is 6.56. The molecule has 1 saturated carbocycles. The summed E-state index contributed by atoms with van der Waals surface area (Å²) in [4.78, 5) is 12.7. The van der Waals surface area contributed by atoms with Gasteiger partial charge < -0.3 is 0 Å². The van der Waals surface area contributed by atoms with Gasteiger partial charge in [-0.25, -0.2) is 0 Å². The summed E-state index contributed by atoms with van der Waals surface area (Å²) in [7, 11) is 0. The first-order valence-electron chi connectivity index (χ1n) is 7.59. The van der Waals surface area contributed by atoms with Crippen molar-refractivity contribution in [2.45, 2.75) is 19.3 Å². The number of ketones is 1. The van der Waals surface area contributed by atoms with Gasteiger partial charge in [-0.2, -0.15) is 0 Å². The fraction of sp³-hybridized carbons (Fsp3) is 0.150. The molecule has 0 aliphatic heterocycles. The second kappa shape index (κ2) is 7.16. The van der Waals surface area contributed by atoms with Crippen molar-refractivity contribution in [3.05, 3.63) is 80.8 Å². The van der Waals surface area contributed by atoms with E-state index in [1.807, 2.05) is 60.7 Å². The summed E-state index contributed by atoms with van der Waals surface area (Å²) < 4.78 is 0. The fourth-order valence-corrected chi connectivity index (χ4v) is 2.95. The molecule has 1 fully saturated rings. The van der Waals surface area contributed by atoms with Gasteiger partial charge in [0.05, 0.1) is 0 Å². The van der Waals surface area contributed by atoms with Crippen molar-refractivity contribution >= 4 is 41.1 Å². The van der Waals surface area contributed by atoms with Gasteiger partial charge in [0, 0.05) is 21.2 Å². The van der Waals surface area contributed by atoms with Gasteiger partial charge in [-0.3, -0.25) is 4.79 Å². The molecule has 1 aliphatic carbocycles. The van der Waals surface area contributed by atoms with Crippen LogP contribution in [-0.2, 0) is 4.79 Å². The highest BCUT2D eigenvalue weighted by Crippen LogP contribution is 2.28. The average molecular weight is 343 g/mol. The van der Waals surface area contributed by atoms with Crippen molar-refractivity contribution in [3.8, 4) is 0 Å². The molecule has 0 unspecified atom stereocenters. The number of benzene rings is 2. The number of carbonyl (C=O) groups excluding carboxylic acids is 1. The van der Waals surface area contributed by atoms with E-state index >= 15 is 0 Å². The SMILES string of the molecule is O=C1/C(=C/c2ccc(Cl)cc2)CCC/C1=C\c1ccc(Cl)cc1. The van der Waals surface area contributed by atoms with E-state index < -0.39 is 0 Å². The molecular formula is C20H16Cl2O. The Morgan fingerprint density at radius 3 is 1.48 bits per heavy atom.